The zero-order chi connectivity index (χ0) is 17.0. The molecule has 0 aromatic rings. The first-order chi connectivity index (χ1) is 10.8. The molecule has 1 N–H and O–H groups in total. The van der Waals surface area contributed by atoms with Crippen LogP contribution in [0.1, 0.15) is 51.4 Å². The molecule has 2 aliphatic rings. The zero-order valence-corrected chi connectivity index (χ0v) is 13.3. The highest BCUT2D eigenvalue weighted by Gasteiger charge is 2.42. The topological polar surface area (TPSA) is 55.4 Å². The molecule has 0 saturated heterocycles. The van der Waals surface area contributed by atoms with Crippen molar-refractivity contribution in [3.05, 3.63) is 0 Å². The van der Waals surface area contributed by atoms with Gasteiger partial charge in [-0.1, -0.05) is 6.42 Å². The number of alkyl halides is 3. The predicted molar refractivity (Wildman–Crippen MR) is 77.4 cm³/mol. The number of esters is 1. The maximum atomic E-state index is 12.6. The molecule has 4 nitrogen and oxygen atoms in total. The fraction of sp³-hybridized carbons (Fsp3) is 0.875. The molecule has 0 unspecified atom stereocenters. The van der Waals surface area contributed by atoms with Crippen molar-refractivity contribution in [3.8, 4) is 0 Å². The molecule has 2 fully saturated rings. The van der Waals surface area contributed by atoms with Crippen LogP contribution in [0, 0.1) is 17.8 Å². The maximum absolute atomic E-state index is 12.6. The summed E-state index contributed by atoms with van der Waals surface area (Å²) < 4.78 is 42.6. The van der Waals surface area contributed by atoms with Crippen LogP contribution in [0.5, 0.6) is 0 Å². The van der Waals surface area contributed by atoms with Gasteiger partial charge in [0.1, 0.15) is 0 Å². The van der Waals surface area contributed by atoms with Crippen LogP contribution in [-0.2, 0) is 14.3 Å². The molecule has 0 aliphatic heterocycles. The summed E-state index contributed by atoms with van der Waals surface area (Å²) in [6, 6.07) is -0.207. The average Bonchev–Trinajstić information content (AvgIpc) is 2.94. The van der Waals surface area contributed by atoms with Gasteiger partial charge in [0.2, 0.25) is 5.91 Å². The lowest BCUT2D eigenvalue weighted by Gasteiger charge is -2.30. The molecular formula is C16H24F3NO3. The van der Waals surface area contributed by atoms with E-state index in [4.69, 9.17) is 4.74 Å². The van der Waals surface area contributed by atoms with Crippen LogP contribution in [0.25, 0.3) is 0 Å². The zero-order valence-electron chi connectivity index (χ0n) is 13.3. The van der Waals surface area contributed by atoms with Crippen LogP contribution in [-0.4, -0.2) is 31.2 Å². The van der Waals surface area contributed by atoms with E-state index in [1.165, 1.54) is 7.11 Å². The Kier molecular flexibility index (Phi) is 5.92. The number of hydrogen-bond acceptors (Lipinski definition) is 3. The minimum absolute atomic E-state index is 0.00609. The number of rotatable bonds is 4. The van der Waals surface area contributed by atoms with Crippen LogP contribution < -0.4 is 5.32 Å². The summed E-state index contributed by atoms with van der Waals surface area (Å²) in [5, 5.41) is 2.87. The lowest BCUT2D eigenvalue weighted by atomic mass is 9.80. The molecular weight excluding hydrogens is 311 g/mol. The van der Waals surface area contributed by atoms with Crippen LogP contribution in [0.3, 0.4) is 0 Å². The van der Waals surface area contributed by atoms with Crippen molar-refractivity contribution in [2.45, 2.75) is 63.6 Å². The molecule has 0 aromatic carbocycles. The van der Waals surface area contributed by atoms with Gasteiger partial charge < -0.3 is 10.1 Å². The van der Waals surface area contributed by atoms with Crippen molar-refractivity contribution < 1.29 is 27.5 Å². The monoisotopic (exact) mass is 335 g/mol. The number of amides is 1. The Hall–Kier alpha value is -1.27. The first kappa shape index (κ1) is 18.1. The summed E-state index contributed by atoms with van der Waals surface area (Å²) in [4.78, 5) is 23.8. The van der Waals surface area contributed by atoms with Crippen molar-refractivity contribution in [3.63, 3.8) is 0 Å². The third-order valence-electron chi connectivity index (χ3n) is 5.15. The van der Waals surface area contributed by atoms with Crippen molar-refractivity contribution in [2.24, 2.45) is 17.8 Å². The summed E-state index contributed by atoms with van der Waals surface area (Å²) in [6.45, 7) is 0. The number of hydrogen-bond donors (Lipinski definition) is 1. The van der Waals surface area contributed by atoms with E-state index in [1.54, 1.807) is 0 Å². The molecule has 2 rings (SSSR count). The predicted octanol–water partition coefficient (Wildman–Crippen LogP) is 3.20. The summed E-state index contributed by atoms with van der Waals surface area (Å²) >= 11 is 0. The second-order valence-electron chi connectivity index (χ2n) is 6.70. The fourth-order valence-electron chi connectivity index (χ4n) is 3.79. The van der Waals surface area contributed by atoms with E-state index in [-0.39, 0.29) is 49.0 Å². The van der Waals surface area contributed by atoms with Gasteiger partial charge in [-0.3, -0.25) is 9.59 Å². The number of carbonyl (C=O) groups is 2. The third-order valence-corrected chi connectivity index (χ3v) is 5.15. The van der Waals surface area contributed by atoms with E-state index < -0.39 is 12.1 Å². The molecule has 132 valence electrons. The van der Waals surface area contributed by atoms with Crippen LogP contribution in [0.4, 0.5) is 13.2 Å². The first-order valence-corrected chi connectivity index (χ1v) is 8.25. The van der Waals surface area contributed by atoms with Gasteiger partial charge in [-0.05, 0) is 44.4 Å². The fourth-order valence-corrected chi connectivity index (χ4v) is 3.79. The van der Waals surface area contributed by atoms with Crippen LogP contribution >= 0.6 is 0 Å². The molecule has 0 spiro atoms. The van der Waals surface area contributed by atoms with Crippen molar-refractivity contribution in [1.29, 1.82) is 0 Å². The molecule has 2 aliphatic carbocycles. The highest BCUT2D eigenvalue weighted by atomic mass is 19.4. The first-order valence-electron chi connectivity index (χ1n) is 8.25. The van der Waals surface area contributed by atoms with Crippen molar-refractivity contribution in [1.82, 2.24) is 5.32 Å². The van der Waals surface area contributed by atoms with Gasteiger partial charge in [0, 0.05) is 12.5 Å². The number of nitrogens with one attached hydrogen (secondary N) is 1. The molecule has 0 aromatic heterocycles. The third kappa shape index (κ3) is 4.85. The normalized spacial score (nSPS) is 31.7. The number of methoxy groups -OCH3 is 1. The van der Waals surface area contributed by atoms with Gasteiger partial charge in [-0.2, -0.15) is 13.2 Å². The molecule has 0 radical (unpaired) electrons. The Morgan fingerprint density at radius 2 is 1.74 bits per heavy atom. The Morgan fingerprint density at radius 1 is 1.09 bits per heavy atom. The van der Waals surface area contributed by atoms with Gasteiger partial charge in [0.05, 0.1) is 18.9 Å². The van der Waals surface area contributed by atoms with Gasteiger partial charge in [-0.15, -0.1) is 0 Å². The second kappa shape index (κ2) is 7.53. The summed E-state index contributed by atoms with van der Waals surface area (Å²) in [7, 11) is 1.33. The number of ether oxygens (including phenoxy) is 1. The SMILES string of the molecule is COC(=O)[C@@H]1CCC[C@H]1NC(=O)CC1CCC(C(F)(F)F)CC1. The number of halogens is 3. The molecule has 2 saturated carbocycles. The summed E-state index contributed by atoms with van der Waals surface area (Å²) in [6.07, 6.45) is -0.488. The second-order valence-corrected chi connectivity index (χ2v) is 6.70. The van der Waals surface area contributed by atoms with E-state index >= 15 is 0 Å². The number of carbonyl (C=O) groups excluding carboxylic acids is 2. The Balaban J connectivity index is 1.76. The highest BCUT2D eigenvalue weighted by Crippen LogP contribution is 2.40. The lowest BCUT2D eigenvalue weighted by Crippen LogP contribution is -2.41. The van der Waals surface area contributed by atoms with E-state index in [2.05, 4.69) is 5.32 Å². The minimum atomic E-state index is -4.12. The molecule has 0 heterocycles. The lowest BCUT2D eigenvalue weighted by molar-refractivity contribution is -0.184. The average molecular weight is 335 g/mol. The van der Waals surface area contributed by atoms with E-state index in [1.807, 2.05) is 0 Å². The largest absolute Gasteiger partial charge is 0.469 e. The molecule has 0 bridgehead atoms. The standard InChI is InChI=1S/C16H24F3NO3/c1-23-15(22)12-3-2-4-13(12)20-14(21)9-10-5-7-11(8-6-10)16(17,18)19/h10-13H,2-9H2,1H3,(H,20,21)/t10?,11?,12-,13-/m1/s1. The summed E-state index contributed by atoms with van der Waals surface area (Å²) in [5.41, 5.74) is 0. The molecule has 1 amide bonds. The van der Waals surface area contributed by atoms with Gasteiger partial charge >= 0.3 is 12.1 Å². The summed E-state index contributed by atoms with van der Waals surface area (Å²) in [5.74, 6) is -1.99. The maximum Gasteiger partial charge on any atom is 0.391 e. The molecule has 23 heavy (non-hydrogen) atoms. The molecule has 7 heteroatoms. The van der Waals surface area contributed by atoms with E-state index in [9.17, 15) is 22.8 Å². The van der Waals surface area contributed by atoms with Gasteiger partial charge in [-0.25, -0.2) is 0 Å². The minimum Gasteiger partial charge on any atom is -0.469 e. The quantitative estimate of drug-likeness (QED) is 0.803. The Bertz CT molecular complexity index is 431. The smallest absolute Gasteiger partial charge is 0.391 e. The molecule has 2 atom stereocenters. The highest BCUT2D eigenvalue weighted by molar-refractivity contribution is 5.79. The van der Waals surface area contributed by atoms with E-state index in [0.29, 0.717) is 19.3 Å². The van der Waals surface area contributed by atoms with Gasteiger partial charge in [0.15, 0.2) is 0 Å². The van der Waals surface area contributed by atoms with Crippen LogP contribution in [0.2, 0.25) is 0 Å². The van der Waals surface area contributed by atoms with E-state index in [0.717, 1.165) is 12.8 Å². The van der Waals surface area contributed by atoms with Crippen molar-refractivity contribution >= 4 is 11.9 Å². The Morgan fingerprint density at radius 3 is 2.30 bits per heavy atom. The van der Waals surface area contributed by atoms with Gasteiger partial charge in [0.25, 0.3) is 0 Å². The van der Waals surface area contributed by atoms with Crippen molar-refractivity contribution in [2.75, 3.05) is 7.11 Å². The van der Waals surface area contributed by atoms with Crippen LogP contribution in [0.15, 0.2) is 0 Å². The Labute approximate surface area is 134 Å².